The number of allylic oxidation sites excluding steroid dienone is 3. The van der Waals surface area contributed by atoms with Crippen LogP contribution < -0.4 is 5.32 Å². The van der Waals surface area contributed by atoms with Gasteiger partial charge in [-0.3, -0.25) is 4.79 Å². The van der Waals surface area contributed by atoms with Crippen molar-refractivity contribution in [3.63, 3.8) is 0 Å². The minimum absolute atomic E-state index is 0.238. The molecule has 0 aromatic rings. The highest BCUT2D eigenvalue weighted by molar-refractivity contribution is 5.76. The molecule has 12 N–H and O–H groups in total. The van der Waals surface area contributed by atoms with Crippen molar-refractivity contribution >= 4 is 5.91 Å². The van der Waals surface area contributed by atoms with Crippen LogP contribution in [-0.2, 0) is 33.2 Å². The molecule has 0 aromatic heterocycles. The van der Waals surface area contributed by atoms with E-state index >= 15 is 0 Å². The Morgan fingerprint density at radius 3 is 1.23 bits per heavy atom. The van der Waals surface area contributed by atoms with Crippen LogP contribution in [0.2, 0.25) is 0 Å². The second kappa shape index (κ2) is 45.6. The van der Waals surface area contributed by atoms with E-state index in [1.54, 1.807) is 6.08 Å². The standard InChI is InChI=1S/C62H115NO18/c1-3-5-7-9-11-13-15-16-17-18-19-20-21-22-23-24-25-26-27-28-29-30-31-33-35-37-39-46(67)45(63-50(68)40-38-36-34-32-14-12-10-8-6-4-2)44-76-60-56(74)53(71)58(48(42-65)78-60)81-62-57(75)54(72)59(49(43-66)79-62)80-61-55(73)52(70)51(69)47(41-64)77-61/h30-31,37,39,45-49,51-62,64-67,69-75H,3-29,32-36,38,40-44H2,1-2H3,(H,63,68)/b31-30+,39-37+. The smallest absolute Gasteiger partial charge is 0.220 e. The van der Waals surface area contributed by atoms with Crippen LogP contribution in [0.25, 0.3) is 0 Å². The van der Waals surface area contributed by atoms with Gasteiger partial charge in [-0.2, -0.15) is 0 Å². The highest BCUT2D eigenvalue weighted by Crippen LogP contribution is 2.33. The van der Waals surface area contributed by atoms with Crippen LogP contribution in [0.3, 0.4) is 0 Å². The molecule has 3 heterocycles. The number of ether oxygens (including phenoxy) is 6. The van der Waals surface area contributed by atoms with Gasteiger partial charge in [0.2, 0.25) is 5.91 Å². The molecule has 3 aliphatic heterocycles. The average Bonchev–Trinajstić information content (AvgIpc) is 3.51. The second-order valence-corrected chi connectivity index (χ2v) is 23.2. The molecule has 3 aliphatic rings. The van der Waals surface area contributed by atoms with Gasteiger partial charge in [0.15, 0.2) is 18.9 Å². The zero-order valence-electron chi connectivity index (χ0n) is 49.8. The molecule has 17 atom stereocenters. The summed E-state index contributed by atoms with van der Waals surface area (Å²) in [6.45, 7) is 1.70. The second-order valence-electron chi connectivity index (χ2n) is 23.2. The van der Waals surface area contributed by atoms with Crippen LogP contribution >= 0.6 is 0 Å². The van der Waals surface area contributed by atoms with Crippen LogP contribution in [0.5, 0.6) is 0 Å². The van der Waals surface area contributed by atoms with E-state index in [-0.39, 0.29) is 18.9 Å². The largest absolute Gasteiger partial charge is 0.394 e. The van der Waals surface area contributed by atoms with E-state index in [2.05, 4.69) is 31.3 Å². The molecule has 3 fully saturated rings. The van der Waals surface area contributed by atoms with E-state index in [9.17, 15) is 61.0 Å². The maximum absolute atomic E-state index is 13.3. The number of rotatable bonds is 48. The molecule has 476 valence electrons. The number of amides is 1. The number of carbonyl (C=O) groups is 1. The van der Waals surface area contributed by atoms with E-state index in [0.717, 1.165) is 38.5 Å². The summed E-state index contributed by atoms with van der Waals surface area (Å²) in [5.41, 5.74) is 0. The maximum atomic E-state index is 13.3. The normalized spacial score (nSPS) is 29.9. The summed E-state index contributed by atoms with van der Waals surface area (Å²) in [4.78, 5) is 13.3. The number of aliphatic hydroxyl groups is 11. The van der Waals surface area contributed by atoms with Crippen molar-refractivity contribution in [1.82, 2.24) is 5.32 Å². The van der Waals surface area contributed by atoms with E-state index in [4.69, 9.17) is 28.4 Å². The fourth-order valence-corrected chi connectivity index (χ4v) is 11.0. The Morgan fingerprint density at radius 2 is 0.790 bits per heavy atom. The molecular formula is C62H115NO18. The molecule has 1 amide bonds. The summed E-state index contributed by atoms with van der Waals surface area (Å²) in [6, 6.07) is -0.984. The highest BCUT2D eigenvalue weighted by atomic mass is 16.8. The summed E-state index contributed by atoms with van der Waals surface area (Å²) >= 11 is 0. The fourth-order valence-electron chi connectivity index (χ4n) is 11.0. The van der Waals surface area contributed by atoms with Gasteiger partial charge in [0.1, 0.15) is 73.2 Å². The maximum Gasteiger partial charge on any atom is 0.220 e. The molecule has 19 nitrogen and oxygen atoms in total. The molecule has 0 saturated carbocycles. The first-order valence-corrected chi connectivity index (χ1v) is 32.1. The van der Waals surface area contributed by atoms with Crippen LogP contribution in [0.15, 0.2) is 24.3 Å². The summed E-state index contributed by atoms with van der Waals surface area (Å²) in [5.74, 6) is -0.286. The number of hydrogen-bond donors (Lipinski definition) is 12. The van der Waals surface area contributed by atoms with Gasteiger partial charge in [0.05, 0.1) is 38.6 Å². The molecule has 0 aromatic carbocycles. The van der Waals surface area contributed by atoms with Crippen LogP contribution in [-0.4, -0.2) is 193 Å². The van der Waals surface area contributed by atoms with Crippen molar-refractivity contribution in [2.24, 2.45) is 0 Å². The Bertz CT molecular complexity index is 1580. The monoisotopic (exact) mass is 1160 g/mol. The summed E-state index contributed by atoms with van der Waals surface area (Å²) in [6.07, 6.45) is 21.9. The van der Waals surface area contributed by atoms with Crippen molar-refractivity contribution in [2.75, 3.05) is 26.4 Å². The van der Waals surface area contributed by atoms with Crippen LogP contribution in [0.4, 0.5) is 0 Å². The summed E-state index contributed by atoms with van der Waals surface area (Å²) in [7, 11) is 0. The Morgan fingerprint density at radius 1 is 0.432 bits per heavy atom. The molecule has 81 heavy (non-hydrogen) atoms. The number of hydrogen-bond acceptors (Lipinski definition) is 18. The molecule has 0 radical (unpaired) electrons. The lowest BCUT2D eigenvalue weighted by Gasteiger charge is -2.48. The summed E-state index contributed by atoms with van der Waals surface area (Å²) in [5, 5.41) is 120. The van der Waals surface area contributed by atoms with E-state index in [1.165, 1.54) is 161 Å². The van der Waals surface area contributed by atoms with E-state index < -0.39 is 124 Å². The predicted molar refractivity (Wildman–Crippen MR) is 310 cm³/mol. The minimum atomic E-state index is -1.98. The minimum Gasteiger partial charge on any atom is -0.394 e. The average molecular weight is 1160 g/mol. The topological polar surface area (TPSA) is 307 Å². The molecule has 0 spiro atoms. The SMILES string of the molecule is CCCCCCCCCCCCCCCCCCCCCC/C=C/CC/C=C/C(O)C(COC1OC(CO)C(OC2OC(CO)C(OC3OC(CO)C(O)C(O)C3O)C(O)C2O)C(O)C1O)NC(=O)CCCCCCCCCCCC. The first-order valence-electron chi connectivity index (χ1n) is 32.1. The lowest BCUT2D eigenvalue weighted by Crippen LogP contribution is -2.66. The number of nitrogens with one attached hydrogen (secondary N) is 1. The van der Waals surface area contributed by atoms with Gasteiger partial charge in [-0.25, -0.2) is 0 Å². The van der Waals surface area contributed by atoms with Crippen molar-refractivity contribution in [3.05, 3.63) is 24.3 Å². The molecule has 19 heteroatoms. The number of aliphatic hydroxyl groups excluding tert-OH is 11. The van der Waals surface area contributed by atoms with Gasteiger partial charge in [-0.1, -0.05) is 218 Å². The fraction of sp³-hybridized carbons (Fsp3) is 0.919. The first kappa shape index (κ1) is 73.5. The molecular weight excluding hydrogens is 1050 g/mol. The predicted octanol–water partition coefficient (Wildman–Crippen LogP) is 6.71. The van der Waals surface area contributed by atoms with Gasteiger partial charge in [0, 0.05) is 6.42 Å². The third kappa shape index (κ3) is 29.0. The van der Waals surface area contributed by atoms with E-state index in [1.807, 2.05) is 6.08 Å². The Hall–Kier alpha value is -1.73. The first-order chi connectivity index (χ1) is 39.3. The van der Waals surface area contributed by atoms with Gasteiger partial charge < -0.3 is 89.9 Å². The molecule has 0 bridgehead atoms. The van der Waals surface area contributed by atoms with Gasteiger partial charge in [-0.05, 0) is 32.1 Å². The number of carbonyl (C=O) groups excluding carboxylic acids is 1. The van der Waals surface area contributed by atoms with Crippen molar-refractivity contribution in [2.45, 2.75) is 336 Å². The third-order valence-corrected chi connectivity index (χ3v) is 16.3. The lowest BCUT2D eigenvalue weighted by molar-refractivity contribution is -0.379. The molecule has 3 saturated heterocycles. The van der Waals surface area contributed by atoms with Crippen LogP contribution in [0, 0.1) is 0 Å². The Balaban J connectivity index is 1.44. The number of unbranched alkanes of at least 4 members (excludes halogenated alkanes) is 30. The van der Waals surface area contributed by atoms with E-state index in [0.29, 0.717) is 12.8 Å². The van der Waals surface area contributed by atoms with Crippen molar-refractivity contribution < 1.29 is 89.4 Å². The highest BCUT2D eigenvalue weighted by Gasteiger charge is 2.53. The Kier molecular flexibility index (Phi) is 41.4. The van der Waals surface area contributed by atoms with Gasteiger partial charge in [0.25, 0.3) is 0 Å². The summed E-state index contributed by atoms with van der Waals surface area (Å²) < 4.78 is 34.2. The van der Waals surface area contributed by atoms with Crippen molar-refractivity contribution in [3.8, 4) is 0 Å². The molecule has 3 rings (SSSR count). The third-order valence-electron chi connectivity index (χ3n) is 16.3. The Labute approximate surface area is 486 Å². The molecule has 17 unspecified atom stereocenters. The van der Waals surface area contributed by atoms with Crippen molar-refractivity contribution in [1.29, 1.82) is 0 Å². The zero-order chi connectivity index (χ0) is 59.0. The lowest BCUT2D eigenvalue weighted by atomic mass is 9.96. The van der Waals surface area contributed by atoms with Crippen LogP contribution in [0.1, 0.15) is 232 Å². The van der Waals surface area contributed by atoms with Gasteiger partial charge in [-0.15, -0.1) is 0 Å². The zero-order valence-corrected chi connectivity index (χ0v) is 49.8. The molecule has 0 aliphatic carbocycles. The van der Waals surface area contributed by atoms with Gasteiger partial charge >= 0.3 is 0 Å². The quantitative estimate of drug-likeness (QED) is 0.0222.